The van der Waals surface area contributed by atoms with Gasteiger partial charge >= 0.3 is 8.17 Å². The van der Waals surface area contributed by atoms with E-state index in [-0.39, 0.29) is 0 Å². The minimum atomic E-state index is -3.38. The molecule has 4 nitrogen and oxygen atoms in total. The summed E-state index contributed by atoms with van der Waals surface area (Å²) < 4.78 is 25.0. The minimum Gasteiger partial charge on any atom is -0.241 e. The molecule has 0 saturated carbocycles. The molecule has 0 aliphatic rings. The molecule has 0 spiro atoms. The van der Waals surface area contributed by atoms with Crippen molar-refractivity contribution in [2.24, 2.45) is 0 Å². The summed E-state index contributed by atoms with van der Waals surface area (Å²) in [6, 6.07) is 37.5. The fourth-order valence-electron chi connectivity index (χ4n) is 2.55. The highest BCUT2D eigenvalue weighted by Crippen LogP contribution is 2.61. The topological polar surface area (TPSA) is 36.9 Å². The summed E-state index contributed by atoms with van der Waals surface area (Å²) in [5.41, 5.74) is 0. The first-order valence-corrected chi connectivity index (χ1v) is 10.7. The molecule has 0 atom stereocenters. The largest absolute Gasteiger partial charge is 0.766 e. The highest BCUT2D eigenvalue weighted by Gasteiger charge is 2.56. The van der Waals surface area contributed by atoms with Gasteiger partial charge in [-0.15, -0.1) is 0 Å². The SMILES string of the molecule is c1ccc(O[P+](Oc2ccccc2)(Oc2ccccc2)Oc2ccccc2)cc1. The minimum absolute atomic E-state index is 0.587. The maximum atomic E-state index is 6.26. The second-order valence-corrected chi connectivity index (χ2v) is 7.69. The molecule has 0 saturated heterocycles. The van der Waals surface area contributed by atoms with Gasteiger partial charge < -0.3 is 0 Å². The predicted octanol–water partition coefficient (Wildman–Crippen LogP) is 6.98. The zero-order chi connectivity index (χ0) is 19.8. The average Bonchev–Trinajstić information content (AvgIpc) is 2.76. The molecule has 29 heavy (non-hydrogen) atoms. The zero-order valence-electron chi connectivity index (χ0n) is 15.6. The van der Waals surface area contributed by atoms with E-state index in [1.807, 2.05) is 121 Å². The molecule has 0 amide bonds. The van der Waals surface area contributed by atoms with Gasteiger partial charge in [-0.2, -0.15) is 0 Å². The van der Waals surface area contributed by atoms with Crippen molar-refractivity contribution in [3.8, 4) is 23.0 Å². The normalized spacial score (nSPS) is 10.8. The fourth-order valence-corrected chi connectivity index (χ4v) is 4.30. The van der Waals surface area contributed by atoms with Crippen molar-refractivity contribution in [1.82, 2.24) is 0 Å². The van der Waals surface area contributed by atoms with Crippen LogP contribution in [0.25, 0.3) is 0 Å². The second kappa shape index (κ2) is 9.13. The van der Waals surface area contributed by atoms with Gasteiger partial charge in [0.05, 0.1) is 0 Å². The van der Waals surface area contributed by atoms with Crippen LogP contribution in [-0.4, -0.2) is 0 Å². The molecule has 144 valence electrons. The first kappa shape index (κ1) is 18.9. The summed E-state index contributed by atoms with van der Waals surface area (Å²) in [6.45, 7) is 0. The molecule has 0 N–H and O–H groups in total. The van der Waals surface area contributed by atoms with Gasteiger partial charge in [-0.25, -0.2) is 18.1 Å². The van der Waals surface area contributed by atoms with E-state index < -0.39 is 8.17 Å². The van der Waals surface area contributed by atoms with E-state index in [2.05, 4.69) is 0 Å². The molecular weight excluding hydrogens is 383 g/mol. The van der Waals surface area contributed by atoms with Crippen molar-refractivity contribution in [3.05, 3.63) is 121 Å². The summed E-state index contributed by atoms with van der Waals surface area (Å²) in [7, 11) is -3.38. The molecule has 0 radical (unpaired) electrons. The lowest BCUT2D eigenvalue weighted by Crippen LogP contribution is -2.20. The Balaban J connectivity index is 1.75. The molecule has 4 aromatic rings. The van der Waals surface area contributed by atoms with Crippen LogP contribution in [0.2, 0.25) is 0 Å². The summed E-state index contributed by atoms with van der Waals surface area (Å²) in [4.78, 5) is 0. The molecule has 0 aromatic heterocycles. The Labute approximate surface area is 170 Å². The van der Waals surface area contributed by atoms with Crippen LogP contribution in [0.3, 0.4) is 0 Å². The van der Waals surface area contributed by atoms with Crippen LogP contribution in [0.15, 0.2) is 121 Å². The molecular formula is C24H20O4P+. The van der Waals surface area contributed by atoms with Crippen LogP contribution < -0.4 is 18.1 Å². The van der Waals surface area contributed by atoms with Crippen LogP contribution in [0.1, 0.15) is 0 Å². The van der Waals surface area contributed by atoms with Gasteiger partial charge in [0.25, 0.3) is 0 Å². The van der Waals surface area contributed by atoms with Gasteiger partial charge in [0, 0.05) is 0 Å². The Bertz CT molecular complexity index is 824. The number of para-hydroxylation sites is 4. The summed E-state index contributed by atoms with van der Waals surface area (Å²) >= 11 is 0. The van der Waals surface area contributed by atoms with Crippen molar-refractivity contribution >= 4 is 8.17 Å². The molecule has 0 bridgehead atoms. The van der Waals surface area contributed by atoms with E-state index in [4.69, 9.17) is 18.1 Å². The third-order valence-electron chi connectivity index (χ3n) is 3.84. The average molecular weight is 403 g/mol. The van der Waals surface area contributed by atoms with Crippen LogP contribution in [-0.2, 0) is 0 Å². The summed E-state index contributed by atoms with van der Waals surface area (Å²) in [6.07, 6.45) is 0. The second-order valence-electron chi connectivity index (χ2n) is 6.06. The van der Waals surface area contributed by atoms with Crippen LogP contribution in [0.4, 0.5) is 0 Å². The Morgan fingerprint density at radius 3 is 0.724 bits per heavy atom. The van der Waals surface area contributed by atoms with Crippen LogP contribution >= 0.6 is 8.17 Å². The molecule has 4 aromatic carbocycles. The quantitative estimate of drug-likeness (QED) is 0.297. The number of rotatable bonds is 8. The first-order chi connectivity index (χ1) is 14.3. The van der Waals surface area contributed by atoms with E-state index in [1.165, 1.54) is 0 Å². The van der Waals surface area contributed by atoms with Gasteiger partial charge in [0.1, 0.15) is 0 Å². The lowest BCUT2D eigenvalue weighted by Gasteiger charge is -2.20. The maximum absolute atomic E-state index is 6.26. The van der Waals surface area contributed by atoms with Gasteiger partial charge in [-0.05, 0) is 48.5 Å². The molecule has 4 rings (SSSR count). The molecule has 0 aliphatic heterocycles. The number of hydrogen-bond donors (Lipinski definition) is 0. The first-order valence-electron chi connectivity index (χ1n) is 9.19. The van der Waals surface area contributed by atoms with Crippen LogP contribution in [0, 0.1) is 0 Å². The van der Waals surface area contributed by atoms with E-state index in [1.54, 1.807) is 0 Å². The Kier molecular flexibility index (Phi) is 5.94. The molecule has 0 heterocycles. The molecule has 0 aliphatic carbocycles. The summed E-state index contributed by atoms with van der Waals surface area (Å²) in [5, 5.41) is 0. The smallest absolute Gasteiger partial charge is 0.241 e. The highest BCUT2D eigenvalue weighted by atomic mass is 31.2. The Hall–Kier alpha value is -3.49. The summed E-state index contributed by atoms with van der Waals surface area (Å²) in [5.74, 6) is 2.35. The number of hydrogen-bond acceptors (Lipinski definition) is 4. The van der Waals surface area contributed by atoms with Crippen LogP contribution in [0.5, 0.6) is 23.0 Å². The van der Waals surface area contributed by atoms with E-state index >= 15 is 0 Å². The standard InChI is InChI=1S/C24H20O4P/c1-5-13-21(14-6-1)25-29(26-22-15-7-2-8-16-22,27-23-17-9-3-10-18-23)28-24-19-11-4-12-20-24/h1-20H/q+1. The van der Waals surface area contributed by atoms with Gasteiger partial charge in [-0.1, -0.05) is 72.8 Å². The number of benzene rings is 4. The highest BCUT2D eigenvalue weighted by molar-refractivity contribution is 7.58. The molecule has 0 fully saturated rings. The van der Waals surface area contributed by atoms with Gasteiger partial charge in [0.2, 0.25) is 0 Å². The van der Waals surface area contributed by atoms with Crippen molar-refractivity contribution in [2.75, 3.05) is 0 Å². The predicted molar refractivity (Wildman–Crippen MR) is 115 cm³/mol. The monoisotopic (exact) mass is 403 g/mol. The Morgan fingerprint density at radius 1 is 0.310 bits per heavy atom. The van der Waals surface area contributed by atoms with E-state index in [9.17, 15) is 0 Å². The van der Waals surface area contributed by atoms with Gasteiger partial charge in [0.15, 0.2) is 23.0 Å². The third-order valence-corrected chi connectivity index (χ3v) is 5.58. The molecule has 0 unspecified atom stereocenters. The van der Waals surface area contributed by atoms with Crippen molar-refractivity contribution < 1.29 is 18.1 Å². The lowest BCUT2D eigenvalue weighted by atomic mass is 10.3. The lowest BCUT2D eigenvalue weighted by molar-refractivity contribution is 0.263. The van der Waals surface area contributed by atoms with Crippen molar-refractivity contribution in [3.63, 3.8) is 0 Å². The zero-order valence-corrected chi connectivity index (χ0v) is 16.5. The van der Waals surface area contributed by atoms with E-state index in [0.29, 0.717) is 23.0 Å². The third kappa shape index (κ3) is 5.28. The van der Waals surface area contributed by atoms with Crippen molar-refractivity contribution in [2.45, 2.75) is 0 Å². The van der Waals surface area contributed by atoms with Gasteiger partial charge in [-0.3, -0.25) is 0 Å². The maximum Gasteiger partial charge on any atom is 0.766 e. The molecule has 5 heteroatoms. The Morgan fingerprint density at radius 2 is 0.517 bits per heavy atom. The van der Waals surface area contributed by atoms with Crippen molar-refractivity contribution in [1.29, 1.82) is 0 Å². The van der Waals surface area contributed by atoms with E-state index in [0.717, 1.165) is 0 Å². The fraction of sp³-hybridized carbons (Fsp3) is 0.